The van der Waals surface area contributed by atoms with E-state index >= 15 is 0 Å². The van der Waals surface area contributed by atoms with Crippen molar-refractivity contribution in [2.45, 2.75) is 17.4 Å². The Bertz CT molecular complexity index is 1120. The molecule has 0 unspecified atom stereocenters. The van der Waals surface area contributed by atoms with Crippen LogP contribution in [-0.2, 0) is 26.1 Å². The molecule has 0 radical (unpaired) electrons. The molecule has 18 heteroatoms. The summed E-state index contributed by atoms with van der Waals surface area (Å²) in [7, 11) is -6.31. The lowest BCUT2D eigenvalue weighted by Gasteiger charge is -2.17. The summed E-state index contributed by atoms with van der Waals surface area (Å²) in [4.78, 5) is 0. The van der Waals surface area contributed by atoms with E-state index < -0.39 is 86.7 Å². The second-order valence-corrected chi connectivity index (χ2v) is 7.84. The first-order chi connectivity index (χ1) is 15.7. The van der Waals surface area contributed by atoms with E-state index in [1.54, 1.807) is 0 Å². The van der Waals surface area contributed by atoms with E-state index in [1.807, 2.05) is 0 Å². The maximum Gasteiger partial charge on any atom is 0.523 e. The molecule has 198 valence electrons. The van der Waals surface area contributed by atoms with Crippen LogP contribution >= 0.6 is 0 Å². The molecule has 0 aromatic heterocycles. The van der Waals surface area contributed by atoms with Crippen LogP contribution in [0.1, 0.15) is 11.1 Å². The molecule has 0 fully saturated rings. The molecule has 0 saturated heterocycles. The minimum atomic E-state index is -6.31. The normalized spacial score (nSPS) is 12.9. The number of hydrogen-bond donors (Lipinski definition) is 1. The molecular weight excluding hydrogens is 547 g/mol. The minimum absolute atomic E-state index is 0.147. The van der Waals surface area contributed by atoms with Gasteiger partial charge in [0.25, 0.3) is 11.8 Å². The lowest BCUT2D eigenvalue weighted by Crippen LogP contribution is -2.31. The smallest absolute Gasteiger partial charge is 0.390 e. The molecule has 0 atom stereocenters. The highest BCUT2D eigenvalue weighted by atomic mass is 32.2. The van der Waals surface area contributed by atoms with Gasteiger partial charge in [-0.25, -0.2) is 26.3 Å². The zero-order valence-corrected chi connectivity index (χ0v) is 17.0. The lowest BCUT2D eigenvalue weighted by molar-refractivity contribution is -0.0749. The SMILES string of the molecule is O=S(=O)(OCC(F)(F)c1cc(F)c(F)c(F)c1)C(F)(F)F.OCC(F)(F)c1cc(F)c(F)c(F)c1. The third-order valence-corrected chi connectivity index (χ3v) is 4.68. The van der Waals surface area contributed by atoms with E-state index in [-0.39, 0.29) is 24.3 Å². The van der Waals surface area contributed by atoms with Crippen LogP contribution in [0.5, 0.6) is 0 Å². The van der Waals surface area contributed by atoms with E-state index in [0.29, 0.717) is 0 Å². The number of rotatable bonds is 6. The average Bonchev–Trinajstić information content (AvgIpc) is 2.73. The Labute approximate surface area is 186 Å². The molecule has 2 aromatic rings. The molecule has 2 aromatic carbocycles. The molecule has 0 aliphatic heterocycles. The average molecular weight is 556 g/mol. The molecule has 0 amide bonds. The maximum atomic E-state index is 13.4. The van der Waals surface area contributed by atoms with Crippen LogP contribution in [0.2, 0.25) is 0 Å². The van der Waals surface area contributed by atoms with Crippen molar-refractivity contribution in [2.24, 2.45) is 0 Å². The number of halogens is 13. The molecule has 0 aliphatic rings. The van der Waals surface area contributed by atoms with E-state index in [0.717, 1.165) is 0 Å². The summed E-state index contributed by atoms with van der Waals surface area (Å²) in [5.74, 6) is -19.7. The predicted octanol–water partition coefficient (Wildman–Crippen LogP) is 5.25. The predicted molar refractivity (Wildman–Crippen MR) is 88.4 cm³/mol. The van der Waals surface area contributed by atoms with Gasteiger partial charge >= 0.3 is 15.6 Å². The van der Waals surface area contributed by atoms with Gasteiger partial charge in [0.2, 0.25) is 0 Å². The van der Waals surface area contributed by atoms with Crippen molar-refractivity contribution in [3.05, 3.63) is 70.3 Å². The first kappa shape index (κ1) is 30.4. The molecule has 0 heterocycles. The Hall–Kier alpha value is -2.60. The van der Waals surface area contributed by atoms with Crippen molar-refractivity contribution in [2.75, 3.05) is 13.2 Å². The second-order valence-electron chi connectivity index (χ2n) is 6.24. The minimum Gasteiger partial charge on any atom is -0.390 e. The highest BCUT2D eigenvalue weighted by Gasteiger charge is 2.49. The largest absolute Gasteiger partial charge is 0.523 e. The van der Waals surface area contributed by atoms with Gasteiger partial charge in [-0.15, -0.1) is 0 Å². The number of hydrogen-bond acceptors (Lipinski definition) is 4. The molecule has 4 nitrogen and oxygen atoms in total. The van der Waals surface area contributed by atoms with Gasteiger partial charge in [-0.05, 0) is 24.3 Å². The first-order valence-corrected chi connectivity index (χ1v) is 9.69. The van der Waals surface area contributed by atoms with Crippen molar-refractivity contribution < 1.29 is 74.8 Å². The lowest BCUT2D eigenvalue weighted by atomic mass is 10.1. The van der Waals surface area contributed by atoms with Gasteiger partial charge in [0, 0.05) is 11.1 Å². The van der Waals surface area contributed by atoms with Crippen molar-refractivity contribution in [1.29, 1.82) is 0 Å². The van der Waals surface area contributed by atoms with Crippen LogP contribution in [-0.4, -0.2) is 32.2 Å². The topological polar surface area (TPSA) is 63.6 Å². The molecule has 0 bridgehead atoms. The van der Waals surface area contributed by atoms with Gasteiger partial charge in [-0.3, -0.25) is 4.18 Å². The van der Waals surface area contributed by atoms with Gasteiger partial charge in [-0.1, -0.05) is 0 Å². The van der Waals surface area contributed by atoms with Crippen molar-refractivity contribution >= 4 is 10.1 Å². The summed E-state index contributed by atoms with van der Waals surface area (Å²) in [5, 5.41) is 8.21. The van der Waals surface area contributed by atoms with Crippen LogP contribution in [0, 0.1) is 34.9 Å². The summed E-state index contributed by atoms with van der Waals surface area (Å²) in [6.07, 6.45) is 0. The van der Waals surface area contributed by atoms with Crippen LogP contribution < -0.4 is 0 Å². The Morgan fingerprint density at radius 2 is 0.971 bits per heavy atom. The van der Waals surface area contributed by atoms with Gasteiger partial charge in [0.05, 0.1) is 0 Å². The van der Waals surface area contributed by atoms with Crippen LogP contribution in [0.4, 0.5) is 57.1 Å². The number of alkyl halides is 7. The van der Waals surface area contributed by atoms with Crippen LogP contribution in [0.15, 0.2) is 24.3 Å². The zero-order chi connectivity index (χ0) is 27.6. The maximum absolute atomic E-state index is 13.4. The van der Waals surface area contributed by atoms with E-state index in [4.69, 9.17) is 5.11 Å². The fourth-order valence-corrected chi connectivity index (χ4v) is 2.36. The van der Waals surface area contributed by atoms with Gasteiger partial charge in [0.15, 0.2) is 34.9 Å². The Morgan fingerprint density at radius 1 is 0.657 bits per heavy atom. The fourth-order valence-electron chi connectivity index (χ4n) is 1.93. The second kappa shape index (κ2) is 10.6. The summed E-state index contributed by atoms with van der Waals surface area (Å²) < 4.78 is 187. The quantitative estimate of drug-likeness (QED) is 0.229. The molecular formula is C17H9F13O4S. The number of aliphatic hydroxyl groups excluding tert-OH is 1. The van der Waals surface area contributed by atoms with Crippen LogP contribution in [0.25, 0.3) is 0 Å². The molecule has 0 aliphatic carbocycles. The molecule has 0 spiro atoms. The number of benzene rings is 2. The van der Waals surface area contributed by atoms with Gasteiger partial charge in [0.1, 0.15) is 13.2 Å². The summed E-state index contributed by atoms with van der Waals surface area (Å²) >= 11 is 0. The monoisotopic (exact) mass is 556 g/mol. The Morgan fingerprint density at radius 3 is 1.26 bits per heavy atom. The fraction of sp³-hybridized carbons (Fsp3) is 0.294. The van der Waals surface area contributed by atoms with E-state index in [1.165, 1.54) is 0 Å². The van der Waals surface area contributed by atoms with Crippen molar-refractivity contribution in [1.82, 2.24) is 0 Å². The van der Waals surface area contributed by atoms with E-state index in [9.17, 15) is 65.5 Å². The Kier molecular flexibility index (Phi) is 9.19. The summed E-state index contributed by atoms with van der Waals surface area (Å²) in [6.45, 7) is -3.96. The third-order valence-electron chi connectivity index (χ3n) is 3.69. The van der Waals surface area contributed by atoms with Gasteiger partial charge < -0.3 is 5.11 Å². The van der Waals surface area contributed by atoms with Gasteiger partial charge in [-0.2, -0.15) is 39.2 Å². The highest BCUT2D eigenvalue weighted by molar-refractivity contribution is 7.87. The summed E-state index contributed by atoms with van der Waals surface area (Å²) in [6, 6.07) is -0.0901. The molecule has 0 saturated carbocycles. The zero-order valence-electron chi connectivity index (χ0n) is 16.2. The van der Waals surface area contributed by atoms with Crippen molar-refractivity contribution in [3.8, 4) is 0 Å². The molecule has 1 N–H and O–H groups in total. The van der Waals surface area contributed by atoms with E-state index in [2.05, 4.69) is 4.18 Å². The number of aliphatic hydroxyl groups is 1. The summed E-state index contributed by atoms with van der Waals surface area (Å²) in [5.41, 5.74) is -8.63. The molecule has 35 heavy (non-hydrogen) atoms. The van der Waals surface area contributed by atoms with Crippen LogP contribution in [0.3, 0.4) is 0 Å². The Balaban J connectivity index is 0.000000379. The highest BCUT2D eigenvalue weighted by Crippen LogP contribution is 2.33. The third kappa shape index (κ3) is 7.44. The first-order valence-electron chi connectivity index (χ1n) is 8.28. The van der Waals surface area contributed by atoms with Crippen molar-refractivity contribution in [3.63, 3.8) is 0 Å². The molecule has 2 rings (SSSR count). The standard InChI is InChI=1S/C9H4F8O3S.C8H5F5O/c10-5-1-4(2-6(11)7(5)12)8(13,14)3-20-21(18,19)9(15,16)17;9-5-1-4(8(12,13)3-14)2-6(10)7(5)11/h1-2H,3H2;1-2,14H,3H2.